The molecule has 258 valence electrons. The van der Waals surface area contributed by atoms with Gasteiger partial charge in [0.25, 0.3) is 15.9 Å². The Kier molecular flexibility index (Phi) is 10.0. The summed E-state index contributed by atoms with van der Waals surface area (Å²) in [7, 11) is -2.09. The molecule has 0 unspecified atom stereocenters. The van der Waals surface area contributed by atoms with Gasteiger partial charge in [0.2, 0.25) is 5.88 Å². The van der Waals surface area contributed by atoms with Crippen molar-refractivity contribution in [3.8, 4) is 17.4 Å². The molecule has 0 bridgehead atoms. The van der Waals surface area contributed by atoms with E-state index >= 15 is 0 Å². The van der Waals surface area contributed by atoms with E-state index in [4.69, 9.17) is 32.7 Å². The van der Waals surface area contributed by atoms with Gasteiger partial charge in [-0.3, -0.25) is 14.4 Å². The standard InChI is InChI=1S/C32H28Cl2F3N5O5S2/c1-40-26-15-24(47-28-9-5-22(17-38-28)39-49(44,45)29-16-25(33)30(34)48-29)8-4-21(26)14-27(40)31(43)42-12-10-41(11-13-42)18-20-2-6-23(7-3-20)46-19-32(35,36)37/h2-9,14-17,39H,10-13,18-19H2,1H3. The fraction of sp³-hybridized carbons (Fsp3) is 0.250. The van der Waals surface area contributed by atoms with Crippen LogP contribution in [0.25, 0.3) is 10.9 Å². The molecule has 3 aromatic heterocycles. The molecule has 1 amide bonds. The van der Waals surface area contributed by atoms with Gasteiger partial charge >= 0.3 is 6.18 Å². The highest BCUT2D eigenvalue weighted by molar-refractivity contribution is 7.94. The zero-order chi connectivity index (χ0) is 34.9. The number of sulfonamides is 1. The summed E-state index contributed by atoms with van der Waals surface area (Å²) < 4.78 is 77.6. The van der Waals surface area contributed by atoms with Gasteiger partial charge in [0, 0.05) is 57.3 Å². The number of rotatable bonds is 10. The summed E-state index contributed by atoms with van der Waals surface area (Å²) in [5, 5.41) is 1.01. The van der Waals surface area contributed by atoms with E-state index in [9.17, 15) is 26.4 Å². The van der Waals surface area contributed by atoms with Gasteiger partial charge in [-0.2, -0.15) is 13.2 Å². The molecule has 1 fully saturated rings. The van der Waals surface area contributed by atoms with E-state index in [0.717, 1.165) is 27.8 Å². The minimum Gasteiger partial charge on any atom is -0.484 e. The first-order chi connectivity index (χ1) is 23.2. The Hall–Kier alpha value is -4.02. The molecule has 0 spiro atoms. The molecular formula is C32H28Cl2F3N5O5S2. The Balaban J connectivity index is 1.04. The fourth-order valence-corrected chi connectivity index (χ4v) is 8.17. The summed E-state index contributed by atoms with van der Waals surface area (Å²) >= 11 is 12.6. The number of anilines is 1. The van der Waals surface area contributed by atoms with Crippen molar-refractivity contribution in [3.05, 3.63) is 93.5 Å². The summed E-state index contributed by atoms with van der Waals surface area (Å²) in [6.07, 6.45) is -3.06. The predicted molar refractivity (Wildman–Crippen MR) is 182 cm³/mol. The van der Waals surface area contributed by atoms with Crippen LogP contribution in [0.4, 0.5) is 18.9 Å². The Morgan fingerprint density at radius 2 is 1.69 bits per heavy atom. The zero-order valence-corrected chi connectivity index (χ0v) is 28.9. The van der Waals surface area contributed by atoms with Crippen molar-refractivity contribution in [1.29, 1.82) is 0 Å². The summed E-state index contributed by atoms with van der Waals surface area (Å²) in [5.74, 6) is 0.772. The van der Waals surface area contributed by atoms with Crippen LogP contribution < -0.4 is 14.2 Å². The first kappa shape index (κ1) is 34.8. The van der Waals surface area contributed by atoms with E-state index in [1.165, 1.54) is 36.5 Å². The second-order valence-electron chi connectivity index (χ2n) is 11.2. The average Bonchev–Trinajstić information content (AvgIpc) is 3.59. The number of fused-ring (bicyclic) bond motifs is 1. The number of carbonyl (C=O) groups excluding carboxylic acids is 1. The number of alkyl halides is 3. The highest BCUT2D eigenvalue weighted by Gasteiger charge is 2.29. The van der Waals surface area contributed by atoms with Crippen molar-refractivity contribution in [3.63, 3.8) is 0 Å². The Morgan fingerprint density at radius 1 is 0.980 bits per heavy atom. The van der Waals surface area contributed by atoms with Gasteiger partial charge in [-0.05, 0) is 48.0 Å². The summed E-state index contributed by atoms with van der Waals surface area (Å²) in [5.41, 5.74) is 2.46. The Morgan fingerprint density at radius 3 is 2.33 bits per heavy atom. The monoisotopic (exact) mass is 753 g/mol. The first-order valence-electron chi connectivity index (χ1n) is 14.8. The van der Waals surface area contributed by atoms with E-state index in [0.29, 0.717) is 44.2 Å². The number of piperazine rings is 1. The maximum atomic E-state index is 13.5. The van der Waals surface area contributed by atoms with Crippen LogP contribution in [0, 0.1) is 0 Å². The smallest absolute Gasteiger partial charge is 0.422 e. The molecule has 0 atom stereocenters. The van der Waals surface area contributed by atoms with E-state index in [1.54, 1.807) is 29.2 Å². The lowest BCUT2D eigenvalue weighted by Gasteiger charge is -2.34. The van der Waals surface area contributed by atoms with Crippen LogP contribution in [0.3, 0.4) is 0 Å². The zero-order valence-electron chi connectivity index (χ0n) is 25.7. The SMILES string of the molecule is Cn1c(C(=O)N2CCN(Cc3ccc(OCC(F)(F)F)cc3)CC2)cc2ccc(Oc3ccc(NS(=O)(=O)c4cc(Cl)c(Cl)s4)cn3)cc21. The van der Waals surface area contributed by atoms with Crippen LogP contribution in [0.5, 0.6) is 17.4 Å². The molecule has 49 heavy (non-hydrogen) atoms. The number of carbonyl (C=O) groups is 1. The second-order valence-corrected chi connectivity index (χ2v) is 15.2. The predicted octanol–water partition coefficient (Wildman–Crippen LogP) is 7.43. The van der Waals surface area contributed by atoms with E-state index in [2.05, 4.69) is 14.6 Å². The maximum absolute atomic E-state index is 13.5. The van der Waals surface area contributed by atoms with Gasteiger partial charge in [-0.15, -0.1) is 11.3 Å². The third-order valence-electron chi connectivity index (χ3n) is 7.73. The van der Waals surface area contributed by atoms with Crippen molar-refractivity contribution < 1.29 is 35.9 Å². The summed E-state index contributed by atoms with van der Waals surface area (Å²) in [6.45, 7) is 1.60. The number of aryl methyl sites for hydroxylation is 1. The number of halogens is 5. The molecule has 17 heteroatoms. The van der Waals surface area contributed by atoms with Crippen LogP contribution in [0.1, 0.15) is 16.1 Å². The van der Waals surface area contributed by atoms with Gasteiger partial charge < -0.3 is 18.9 Å². The highest BCUT2D eigenvalue weighted by Crippen LogP contribution is 2.35. The molecule has 0 aliphatic carbocycles. The van der Waals surface area contributed by atoms with Gasteiger partial charge in [0.1, 0.15) is 25.7 Å². The van der Waals surface area contributed by atoms with Crippen molar-refractivity contribution >= 4 is 67.1 Å². The summed E-state index contributed by atoms with van der Waals surface area (Å²) in [6, 6.07) is 18.1. The van der Waals surface area contributed by atoms with E-state index in [1.807, 2.05) is 23.7 Å². The number of aromatic nitrogens is 2. The minimum atomic E-state index is -4.39. The van der Waals surface area contributed by atoms with Crippen molar-refractivity contribution in [1.82, 2.24) is 19.4 Å². The van der Waals surface area contributed by atoms with Crippen LogP contribution >= 0.6 is 34.5 Å². The molecule has 5 aromatic rings. The largest absolute Gasteiger partial charge is 0.484 e. The lowest BCUT2D eigenvalue weighted by molar-refractivity contribution is -0.153. The lowest BCUT2D eigenvalue weighted by Crippen LogP contribution is -2.48. The Labute approximate surface area is 293 Å². The number of pyridine rings is 1. The topological polar surface area (TPSA) is 106 Å². The van der Waals surface area contributed by atoms with Gasteiger partial charge in [-0.1, -0.05) is 35.3 Å². The van der Waals surface area contributed by atoms with Crippen LogP contribution in [-0.2, 0) is 23.6 Å². The first-order valence-corrected chi connectivity index (χ1v) is 17.8. The van der Waals surface area contributed by atoms with E-state index in [-0.39, 0.29) is 36.8 Å². The molecule has 0 radical (unpaired) electrons. The third-order valence-corrected chi connectivity index (χ3v) is 11.4. The van der Waals surface area contributed by atoms with Crippen LogP contribution in [0.2, 0.25) is 9.36 Å². The maximum Gasteiger partial charge on any atom is 0.422 e. The van der Waals surface area contributed by atoms with E-state index < -0.39 is 22.8 Å². The lowest BCUT2D eigenvalue weighted by atomic mass is 10.2. The highest BCUT2D eigenvalue weighted by atomic mass is 35.5. The van der Waals surface area contributed by atoms with Crippen LogP contribution in [-0.4, -0.2) is 72.6 Å². The normalized spacial score (nSPS) is 14.3. The van der Waals surface area contributed by atoms with Gasteiger partial charge in [-0.25, -0.2) is 13.4 Å². The molecule has 2 aromatic carbocycles. The number of hydrogen-bond donors (Lipinski definition) is 1. The molecule has 1 aliphatic heterocycles. The quantitative estimate of drug-likeness (QED) is 0.158. The second kappa shape index (κ2) is 14.1. The van der Waals surface area contributed by atoms with Crippen molar-refractivity contribution in [2.24, 2.45) is 7.05 Å². The molecule has 1 N–H and O–H groups in total. The molecule has 0 saturated carbocycles. The number of hydrogen-bond acceptors (Lipinski definition) is 8. The fourth-order valence-electron chi connectivity index (χ4n) is 5.25. The number of benzene rings is 2. The molecule has 6 rings (SSSR count). The number of nitrogens with one attached hydrogen (secondary N) is 1. The molecule has 1 aliphatic rings. The third kappa shape index (κ3) is 8.41. The number of amides is 1. The average molecular weight is 755 g/mol. The Bertz CT molecular complexity index is 2060. The molecule has 4 heterocycles. The van der Waals surface area contributed by atoms with Gasteiger partial charge in [0.15, 0.2) is 6.61 Å². The number of thiophene rings is 1. The number of ether oxygens (including phenoxy) is 2. The minimum absolute atomic E-state index is 0.0260. The molecular weight excluding hydrogens is 726 g/mol. The molecule has 10 nitrogen and oxygen atoms in total. The molecule has 1 saturated heterocycles. The van der Waals surface area contributed by atoms with Gasteiger partial charge in [0.05, 0.1) is 22.4 Å². The summed E-state index contributed by atoms with van der Waals surface area (Å²) in [4.78, 5) is 21.7. The van der Waals surface area contributed by atoms with Crippen LogP contribution in [0.15, 0.2) is 77.1 Å². The van der Waals surface area contributed by atoms with Crippen molar-refractivity contribution in [2.45, 2.75) is 16.9 Å². The van der Waals surface area contributed by atoms with Crippen molar-refractivity contribution in [2.75, 3.05) is 37.5 Å². The number of nitrogens with zero attached hydrogens (tertiary/aromatic N) is 4.